The van der Waals surface area contributed by atoms with Crippen molar-refractivity contribution in [1.82, 2.24) is 0 Å². The summed E-state index contributed by atoms with van der Waals surface area (Å²) in [5.41, 5.74) is 2.99. The van der Waals surface area contributed by atoms with Crippen molar-refractivity contribution in [1.29, 1.82) is 0 Å². The monoisotopic (exact) mass is 295 g/mol. The van der Waals surface area contributed by atoms with Gasteiger partial charge in [0.2, 0.25) is 0 Å². The normalized spacial score (nSPS) is 7.69. The molecule has 0 unspecified atom stereocenters. The van der Waals surface area contributed by atoms with Gasteiger partial charge in [-0.2, -0.15) is 16.4 Å². The molecule has 0 aliphatic heterocycles. The standard InChI is InChI=1S/C8H12P.3ClH.Ti/c1-5-6(2)8(4)9-7(5)3;;;;/h1-4H3;3*1H;/q-1;;;;. The third-order valence-corrected chi connectivity index (χ3v) is 3.32. The second kappa shape index (κ2) is 9.90. The molecule has 0 aliphatic rings. The van der Waals surface area contributed by atoms with Gasteiger partial charge < -0.3 is 0 Å². The molecule has 0 spiro atoms. The van der Waals surface area contributed by atoms with Crippen LogP contribution < -0.4 is 0 Å². The van der Waals surface area contributed by atoms with E-state index in [-0.39, 0.29) is 58.9 Å². The Hall–Kier alpha value is 1.36. The molecule has 1 rings (SSSR count). The number of hydrogen-bond acceptors (Lipinski definition) is 0. The van der Waals surface area contributed by atoms with Crippen LogP contribution >= 0.6 is 45.4 Å². The van der Waals surface area contributed by atoms with E-state index in [4.69, 9.17) is 0 Å². The largest absolute Gasteiger partial charge is 0.220 e. The Balaban J connectivity index is -0.000000101. The van der Waals surface area contributed by atoms with E-state index < -0.39 is 0 Å². The first-order valence-electron chi connectivity index (χ1n) is 3.20. The summed E-state index contributed by atoms with van der Waals surface area (Å²) in [5.74, 6) is 0. The fraction of sp³-hybridized carbons (Fsp3) is 0.500. The van der Waals surface area contributed by atoms with Gasteiger partial charge in [-0.15, -0.1) is 42.5 Å². The quantitative estimate of drug-likeness (QED) is 0.489. The van der Waals surface area contributed by atoms with Crippen LogP contribution in [0.15, 0.2) is 0 Å². The van der Waals surface area contributed by atoms with E-state index in [1.807, 2.05) is 0 Å². The number of rotatable bonds is 0. The Morgan fingerprint density at radius 3 is 1.46 bits per heavy atom. The zero-order chi connectivity index (χ0) is 7.02. The van der Waals surface area contributed by atoms with Crippen molar-refractivity contribution in [2.24, 2.45) is 0 Å². The Bertz CT molecular complexity index is 213. The summed E-state index contributed by atoms with van der Waals surface area (Å²) in [4.78, 5) is 0. The van der Waals surface area contributed by atoms with Crippen LogP contribution in [0, 0.1) is 27.7 Å². The maximum Gasteiger partial charge on any atom is 0 e. The summed E-state index contributed by atoms with van der Waals surface area (Å²) >= 11 is 0. The van der Waals surface area contributed by atoms with E-state index in [0.29, 0.717) is 0 Å². The maximum absolute atomic E-state index is 2.21. The SMILES string of the molecule is Cc1p[c-](C)c(C)c1C.Cl.Cl.Cl.[Ti]. The molecule has 5 heteroatoms. The van der Waals surface area contributed by atoms with E-state index in [1.165, 1.54) is 29.9 Å². The van der Waals surface area contributed by atoms with Crippen molar-refractivity contribution < 1.29 is 21.7 Å². The molecule has 0 bridgehead atoms. The molecule has 0 aromatic carbocycles. The number of hydrogen-bond donors (Lipinski definition) is 0. The average molecular weight is 296 g/mol. The van der Waals surface area contributed by atoms with Crippen molar-refractivity contribution in [2.75, 3.05) is 0 Å². The van der Waals surface area contributed by atoms with Gasteiger partial charge in [0.15, 0.2) is 0 Å². The third-order valence-electron chi connectivity index (χ3n) is 1.98. The van der Waals surface area contributed by atoms with E-state index >= 15 is 0 Å². The molecule has 0 nitrogen and oxygen atoms in total. The average Bonchev–Trinajstić information content (AvgIpc) is 1.98. The smallest absolute Gasteiger partial charge is 0 e. The minimum absolute atomic E-state index is 0. The molecule has 13 heavy (non-hydrogen) atoms. The third kappa shape index (κ3) is 5.72. The molecule has 0 amide bonds. The van der Waals surface area contributed by atoms with Crippen LogP contribution in [0.25, 0.3) is 0 Å². The molecular formula is C8H15Cl3PTi-. The first-order chi connectivity index (χ1) is 4.13. The maximum atomic E-state index is 2.21. The number of aryl methyl sites for hydroxylation is 2. The summed E-state index contributed by atoms with van der Waals surface area (Å²) < 4.78 is 0. The molecule has 78 valence electrons. The van der Waals surface area contributed by atoms with Gasteiger partial charge in [0.25, 0.3) is 0 Å². The molecule has 0 saturated heterocycles. The molecule has 1 heterocycles. The molecule has 0 aliphatic carbocycles. The van der Waals surface area contributed by atoms with Crippen molar-refractivity contribution >= 4 is 45.4 Å². The van der Waals surface area contributed by atoms with Crippen LogP contribution in [0.4, 0.5) is 0 Å². The summed E-state index contributed by atoms with van der Waals surface area (Å²) in [6, 6.07) is 0. The minimum Gasteiger partial charge on any atom is -0.220 e. The molecule has 0 radical (unpaired) electrons. The van der Waals surface area contributed by atoms with Gasteiger partial charge in [0.05, 0.1) is 0 Å². The molecule has 0 atom stereocenters. The summed E-state index contributed by atoms with van der Waals surface area (Å²) in [5, 5.41) is 3.04. The van der Waals surface area contributed by atoms with Gasteiger partial charge >= 0.3 is 0 Å². The van der Waals surface area contributed by atoms with Crippen molar-refractivity contribution in [2.45, 2.75) is 27.7 Å². The Morgan fingerprint density at radius 1 is 1.00 bits per heavy atom. The molecule has 0 fully saturated rings. The molecule has 1 aromatic rings. The second-order valence-electron chi connectivity index (χ2n) is 2.53. The molecule has 1 aromatic heterocycles. The predicted octanol–water partition coefficient (Wildman–Crippen LogP) is 4.48. The second-order valence-corrected chi connectivity index (χ2v) is 4.10. The Labute approximate surface area is 116 Å². The summed E-state index contributed by atoms with van der Waals surface area (Å²) in [6.45, 7) is 8.82. The number of halogens is 3. The van der Waals surface area contributed by atoms with Gasteiger partial charge in [-0.1, -0.05) is 27.7 Å². The van der Waals surface area contributed by atoms with Crippen LogP contribution in [0.5, 0.6) is 0 Å². The Kier molecular flexibility index (Phi) is 18.2. The first-order valence-corrected chi connectivity index (χ1v) is 4.09. The molecule has 0 N–H and O–H groups in total. The van der Waals surface area contributed by atoms with Gasteiger partial charge in [0.1, 0.15) is 0 Å². The zero-order valence-electron chi connectivity index (χ0n) is 8.17. The van der Waals surface area contributed by atoms with Crippen molar-refractivity contribution in [3.8, 4) is 0 Å². The van der Waals surface area contributed by atoms with Crippen LogP contribution in [-0.2, 0) is 21.7 Å². The fourth-order valence-corrected chi connectivity index (χ4v) is 2.14. The predicted molar refractivity (Wildman–Crippen MR) is 65.2 cm³/mol. The van der Waals surface area contributed by atoms with Gasteiger partial charge in [-0.25, -0.2) is 8.19 Å². The van der Waals surface area contributed by atoms with E-state index in [9.17, 15) is 0 Å². The van der Waals surface area contributed by atoms with E-state index in [2.05, 4.69) is 27.7 Å². The summed E-state index contributed by atoms with van der Waals surface area (Å²) in [6.07, 6.45) is 0. The summed E-state index contributed by atoms with van der Waals surface area (Å²) in [7, 11) is 1.44. The van der Waals surface area contributed by atoms with Crippen molar-refractivity contribution in [3.63, 3.8) is 0 Å². The molecule has 0 saturated carbocycles. The molecular weight excluding hydrogens is 281 g/mol. The van der Waals surface area contributed by atoms with Crippen molar-refractivity contribution in [3.05, 3.63) is 21.7 Å². The van der Waals surface area contributed by atoms with Gasteiger partial charge in [0, 0.05) is 21.7 Å². The van der Waals surface area contributed by atoms with Gasteiger partial charge in [-0.3, -0.25) is 0 Å². The minimum atomic E-state index is 0. The fourth-order valence-electron chi connectivity index (χ4n) is 0.962. The zero-order valence-corrected chi connectivity index (χ0v) is 13.1. The van der Waals surface area contributed by atoms with E-state index in [0.717, 1.165) is 0 Å². The Morgan fingerprint density at radius 2 is 1.38 bits per heavy atom. The van der Waals surface area contributed by atoms with Crippen LogP contribution in [0.3, 0.4) is 0 Å². The first kappa shape index (κ1) is 23.9. The topological polar surface area (TPSA) is 0 Å². The van der Waals surface area contributed by atoms with E-state index in [1.54, 1.807) is 0 Å². The van der Waals surface area contributed by atoms with Crippen LogP contribution in [0.1, 0.15) is 21.7 Å². The van der Waals surface area contributed by atoms with Crippen LogP contribution in [-0.4, -0.2) is 0 Å². The van der Waals surface area contributed by atoms with Crippen LogP contribution in [0.2, 0.25) is 0 Å². The van der Waals surface area contributed by atoms with Gasteiger partial charge in [-0.05, 0) is 0 Å².